The topological polar surface area (TPSA) is 71.6 Å². The lowest BCUT2D eigenvalue weighted by Gasteiger charge is -2.32. The number of ether oxygens (including phenoxy) is 1. The van der Waals surface area contributed by atoms with Gasteiger partial charge in [0.25, 0.3) is 0 Å². The van der Waals surface area contributed by atoms with Gasteiger partial charge in [-0.1, -0.05) is 49.0 Å². The number of aromatic nitrogens is 2. The lowest BCUT2D eigenvalue weighted by atomic mass is 9.90. The SMILES string of the molecule is C=C(O)CCCN1CCCC(Cc2ncnc3oc(-c4ccccc4)c(-c4ccc(OC)cc4)c23)C1. The first-order valence-electron chi connectivity index (χ1n) is 12.7. The minimum Gasteiger partial charge on any atom is -0.513 e. The summed E-state index contributed by atoms with van der Waals surface area (Å²) in [6.07, 6.45) is 6.45. The molecule has 4 aromatic rings. The molecular weight excluding hydrogens is 450 g/mol. The van der Waals surface area contributed by atoms with Crippen LogP contribution >= 0.6 is 0 Å². The Morgan fingerprint density at radius 1 is 1.11 bits per heavy atom. The van der Waals surface area contributed by atoms with E-state index < -0.39 is 0 Å². The highest BCUT2D eigenvalue weighted by Crippen LogP contribution is 2.42. The summed E-state index contributed by atoms with van der Waals surface area (Å²) < 4.78 is 11.8. The standard InChI is InChI=1S/C30H33N3O3/c1-21(34)8-6-16-33-17-7-9-22(19-33)18-26-28-27(23-12-14-25(35-2)15-13-23)29(24-10-4-3-5-11-24)36-30(28)32-20-31-26/h3-5,10-15,20,22,34H,1,6-9,16-19H2,2H3. The largest absolute Gasteiger partial charge is 0.513 e. The summed E-state index contributed by atoms with van der Waals surface area (Å²) in [6, 6.07) is 18.3. The Kier molecular flexibility index (Phi) is 7.33. The first kappa shape index (κ1) is 24.1. The fourth-order valence-electron chi connectivity index (χ4n) is 5.28. The molecule has 1 saturated heterocycles. The second kappa shape index (κ2) is 11.0. The number of hydrogen-bond donors (Lipinski definition) is 1. The molecule has 1 atom stereocenters. The van der Waals surface area contributed by atoms with E-state index in [2.05, 4.69) is 40.7 Å². The molecule has 0 amide bonds. The molecule has 6 heteroatoms. The summed E-state index contributed by atoms with van der Waals surface area (Å²) in [5.41, 5.74) is 4.76. The minimum absolute atomic E-state index is 0.271. The molecule has 186 valence electrons. The van der Waals surface area contributed by atoms with E-state index in [0.29, 0.717) is 18.1 Å². The third-order valence-corrected chi connectivity index (χ3v) is 7.01. The van der Waals surface area contributed by atoms with Gasteiger partial charge in [-0.3, -0.25) is 0 Å². The molecule has 3 heterocycles. The average molecular weight is 484 g/mol. The third kappa shape index (κ3) is 5.29. The molecule has 1 unspecified atom stereocenters. The fourth-order valence-corrected chi connectivity index (χ4v) is 5.28. The number of allylic oxidation sites excluding steroid dienone is 1. The Bertz CT molecular complexity index is 1310. The zero-order chi connectivity index (χ0) is 24.9. The number of fused-ring (bicyclic) bond motifs is 1. The van der Waals surface area contributed by atoms with Crippen molar-refractivity contribution in [1.82, 2.24) is 14.9 Å². The fraction of sp³-hybridized carbons (Fsp3) is 0.333. The predicted octanol–water partition coefficient (Wildman–Crippen LogP) is 6.67. The molecular formula is C30H33N3O3. The van der Waals surface area contributed by atoms with E-state index in [4.69, 9.17) is 14.1 Å². The maximum atomic E-state index is 9.42. The molecule has 5 rings (SSSR count). The van der Waals surface area contributed by atoms with Crippen LogP contribution in [-0.2, 0) is 6.42 Å². The summed E-state index contributed by atoms with van der Waals surface area (Å²) in [5, 5.41) is 10.4. The van der Waals surface area contributed by atoms with E-state index in [1.807, 2.05) is 30.3 Å². The summed E-state index contributed by atoms with van der Waals surface area (Å²) in [7, 11) is 1.68. The number of rotatable bonds is 9. The molecule has 36 heavy (non-hydrogen) atoms. The van der Waals surface area contributed by atoms with E-state index in [-0.39, 0.29) is 5.76 Å². The Labute approximate surface area is 212 Å². The number of aliphatic hydroxyl groups excluding tert-OH is 1. The Hall–Kier alpha value is -3.64. The van der Waals surface area contributed by atoms with Gasteiger partial charge in [0, 0.05) is 24.1 Å². The van der Waals surface area contributed by atoms with Crippen LogP contribution in [0.15, 0.2) is 77.7 Å². The van der Waals surface area contributed by atoms with Gasteiger partial charge < -0.3 is 19.2 Å². The first-order chi connectivity index (χ1) is 17.6. The zero-order valence-corrected chi connectivity index (χ0v) is 20.8. The zero-order valence-electron chi connectivity index (χ0n) is 20.8. The number of furan rings is 1. The summed E-state index contributed by atoms with van der Waals surface area (Å²) in [4.78, 5) is 11.8. The number of nitrogens with zero attached hydrogens (tertiary/aromatic N) is 3. The second-order valence-corrected chi connectivity index (χ2v) is 9.58. The van der Waals surface area contributed by atoms with Crippen molar-refractivity contribution in [3.8, 4) is 28.2 Å². The van der Waals surface area contributed by atoms with E-state index in [1.54, 1.807) is 13.4 Å². The molecule has 0 radical (unpaired) electrons. The van der Waals surface area contributed by atoms with E-state index >= 15 is 0 Å². The van der Waals surface area contributed by atoms with Crippen LogP contribution < -0.4 is 4.74 Å². The monoisotopic (exact) mass is 483 g/mol. The van der Waals surface area contributed by atoms with E-state index in [0.717, 1.165) is 71.8 Å². The van der Waals surface area contributed by atoms with Crippen LogP contribution in [0, 0.1) is 5.92 Å². The van der Waals surface area contributed by atoms with Gasteiger partial charge in [0.1, 0.15) is 17.8 Å². The second-order valence-electron chi connectivity index (χ2n) is 9.58. The highest BCUT2D eigenvalue weighted by atomic mass is 16.5. The molecule has 1 N–H and O–H groups in total. The van der Waals surface area contributed by atoms with Gasteiger partial charge >= 0.3 is 0 Å². The van der Waals surface area contributed by atoms with Gasteiger partial charge in [0.05, 0.1) is 23.9 Å². The molecule has 0 saturated carbocycles. The Morgan fingerprint density at radius 2 is 1.92 bits per heavy atom. The Balaban J connectivity index is 1.50. The van der Waals surface area contributed by atoms with Gasteiger partial charge in [-0.2, -0.15) is 0 Å². The number of likely N-dealkylation sites (tertiary alicyclic amines) is 1. The highest BCUT2D eigenvalue weighted by Gasteiger charge is 2.26. The third-order valence-electron chi connectivity index (χ3n) is 7.01. The first-order valence-corrected chi connectivity index (χ1v) is 12.7. The van der Waals surface area contributed by atoms with Crippen molar-refractivity contribution in [2.45, 2.75) is 32.1 Å². The van der Waals surface area contributed by atoms with Gasteiger partial charge in [0.15, 0.2) is 0 Å². The number of piperidine rings is 1. The molecule has 0 aliphatic carbocycles. The quantitative estimate of drug-likeness (QED) is 0.268. The average Bonchev–Trinajstić information content (AvgIpc) is 3.30. The highest BCUT2D eigenvalue weighted by molar-refractivity contribution is 6.01. The molecule has 0 spiro atoms. The van der Waals surface area contributed by atoms with Gasteiger partial charge in [-0.25, -0.2) is 9.97 Å². The normalized spacial score (nSPS) is 16.3. The van der Waals surface area contributed by atoms with E-state index in [1.165, 1.54) is 12.8 Å². The smallest absolute Gasteiger partial charge is 0.230 e. The van der Waals surface area contributed by atoms with Crippen LogP contribution in [0.1, 0.15) is 31.4 Å². The van der Waals surface area contributed by atoms with Crippen molar-refractivity contribution < 1.29 is 14.3 Å². The van der Waals surface area contributed by atoms with Crippen LogP contribution in [0.4, 0.5) is 0 Å². The minimum atomic E-state index is 0.271. The number of hydrogen-bond acceptors (Lipinski definition) is 6. The van der Waals surface area contributed by atoms with E-state index in [9.17, 15) is 5.11 Å². The van der Waals surface area contributed by atoms with Crippen LogP contribution in [0.3, 0.4) is 0 Å². The molecule has 1 fully saturated rings. The van der Waals surface area contributed by atoms with Crippen molar-refractivity contribution in [3.05, 3.63) is 79.0 Å². The number of benzene rings is 2. The van der Waals surface area contributed by atoms with Crippen LogP contribution in [-0.4, -0.2) is 46.7 Å². The molecule has 1 aliphatic rings. The Morgan fingerprint density at radius 3 is 2.67 bits per heavy atom. The van der Waals surface area contributed by atoms with Crippen LogP contribution in [0.5, 0.6) is 5.75 Å². The maximum absolute atomic E-state index is 9.42. The van der Waals surface area contributed by atoms with Crippen molar-refractivity contribution >= 4 is 11.1 Å². The summed E-state index contributed by atoms with van der Waals surface area (Å²) >= 11 is 0. The lowest BCUT2D eigenvalue weighted by Crippen LogP contribution is -2.37. The lowest BCUT2D eigenvalue weighted by molar-refractivity contribution is 0.170. The molecule has 0 bridgehead atoms. The van der Waals surface area contributed by atoms with Crippen LogP contribution in [0.2, 0.25) is 0 Å². The van der Waals surface area contributed by atoms with Gasteiger partial charge in [-0.15, -0.1) is 0 Å². The van der Waals surface area contributed by atoms with Gasteiger partial charge in [0.2, 0.25) is 5.71 Å². The summed E-state index contributed by atoms with van der Waals surface area (Å²) in [6.45, 7) is 6.73. The number of methoxy groups -OCH3 is 1. The number of aliphatic hydroxyl groups is 1. The van der Waals surface area contributed by atoms with Crippen molar-refractivity contribution in [2.75, 3.05) is 26.7 Å². The summed E-state index contributed by atoms with van der Waals surface area (Å²) in [5.74, 6) is 2.41. The van der Waals surface area contributed by atoms with Crippen LogP contribution in [0.25, 0.3) is 33.6 Å². The molecule has 6 nitrogen and oxygen atoms in total. The predicted molar refractivity (Wildman–Crippen MR) is 143 cm³/mol. The molecule has 2 aromatic heterocycles. The molecule has 1 aliphatic heterocycles. The van der Waals surface area contributed by atoms with Gasteiger partial charge in [-0.05, 0) is 62.4 Å². The van der Waals surface area contributed by atoms with Crippen molar-refractivity contribution in [2.24, 2.45) is 5.92 Å². The van der Waals surface area contributed by atoms with Crippen molar-refractivity contribution in [1.29, 1.82) is 0 Å². The molecule has 2 aromatic carbocycles. The maximum Gasteiger partial charge on any atom is 0.230 e. The van der Waals surface area contributed by atoms with Crippen molar-refractivity contribution in [3.63, 3.8) is 0 Å².